The molecule has 1 aliphatic carbocycles. The second-order valence-electron chi connectivity index (χ2n) is 10.1. The van der Waals surface area contributed by atoms with Crippen LogP contribution in [-0.2, 0) is 15.1 Å². The van der Waals surface area contributed by atoms with Crippen molar-refractivity contribution in [2.45, 2.75) is 76.0 Å². The minimum Gasteiger partial charge on any atom is -0.459 e. The average Bonchev–Trinajstić information content (AvgIpc) is 3.14. The summed E-state index contributed by atoms with van der Waals surface area (Å²) in [4.78, 5) is 17.4. The van der Waals surface area contributed by atoms with Crippen LogP contribution in [0.5, 0.6) is 0 Å². The maximum atomic E-state index is 13.6. The van der Waals surface area contributed by atoms with E-state index in [1.807, 2.05) is 26.8 Å². The molecule has 1 spiro atoms. The van der Waals surface area contributed by atoms with E-state index < -0.39 is 11.6 Å². The minimum absolute atomic E-state index is 0.102. The number of ether oxygens (including phenoxy) is 1. The second kappa shape index (κ2) is 7.52. The largest absolute Gasteiger partial charge is 0.459 e. The molecule has 2 N–H and O–H groups in total. The minimum atomic E-state index is -0.528. The van der Waals surface area contributed by atoms with Gasteiger partial charge in [0.25, 0.3) is 0 Å². The van der Waals surface area contributed by atoms with E-state index in [1.165, 1.54) is 35.9 Å². The van der Waals surface area contributed by atoms with Crippen molar-refractivity contribution in [2.75, 3.05) is 0 Å². The van der Waals surface area contributed by atoms with Crippen LogP contribution in [0.4, 0.5) is 0 Å². The molecule has 0 unspecified atom stereocenters. The molecule has 1 aliphatic heterocycles. The number of aromatic nitrogens is 1. The van der Waals surface area contributed by atoms with Crippen LogP contribution in [-0.4, -0.2) is 22.6 Å². The first kappa shape index (κ1) is 20.3. The number of hydrogen-bond acceptors (Lipinski definition) is 3. The van der Waals surface area contributed by atoms with Gasteiger partial charge in [-0.25, -0.2) is 0 Å². The van der Waals surface area contributed by atoms with Crippen LogP contribution in [0.2, 0.25) is 0 Å². The van der Waals surface area contributed by atoms with Gasteiger partial charge in [-0.2, -0.15) is 0 Å². The number of esters is 1. The number of aromatic amines is 1. The van der Waals surface area contributed by atoms with Gasteiger partial charge in [-0.1, -0.05) is 67.8 Å². The molecule has 2 heterocycles. The molecule has 0 saturated heterocycles. The normalized spacial score (nSPS) is 22.9. The number of benzene rings is 2. The first-order valence-corrected chi connectivity index (χ1v) is 11.5. The summed E-state index contributed by atoms with van der Waals surface area (Å²) in [5.74, 6) is -0.267. The van der Waals surface area contributed by atoms with Crippen molar-refractivity contribution in [3.8, 4) is 0 Å². The second-order valence-corrected chi connectivity index (χ2v) is 10.1. The predicted molar refractivity (Wildman–Crippen MR) is 124 cm³/mol. The van der Waals surface area contributed by atoms with E-state index in [-0.39, 0.29) is 17.4 Å². The van der Waals surface area contributed by atoms with E-state index in [4.69, 9.17) is 4.74 Å². The van der Waals surface area contributed by atoms with Crippen LogP contribution in [0.15, 0.2) is 54.6 Å². The third-order valence-electron chi connectivity index (χ3n) is 6.83. The number of rotatable bonds is 2. The molecule has 0 bridgehead atoms. The summed E-state index contributed by atoms with van der Waals surface area (Å²) in [5.41, 5.74) is 4.08. The van der Waals surface area contributed by atoms with Gasteiger partial charge in [-0.15, -0.1) is 0 Å². The Morgan fingerprint density at radius 1 is 0.968 bits per heavy atom. The molecule has 2 aliphatic rings. The monoisotopic (exact) mass is 416 g/mol. The smallest absolute Gasteiger partial charge is 0.324 e. The molecular weight excluding hydrogens is 384 g/mol. The highest BCUT2D eigenvalue weighted by Gasteiger charge is 2.50. The zero-order chi connectivity index (χ0) is 21.6. The molecule has 3 aromatic rings. The Kier molecular flexibility index (Phi) is 4.93. The van der Waals surface area contributed by atoms with Crippen LogP contribution in [0.25, 0.3) is 10.9 Å². The molecule has 1 saturated carbocycles. The summed E-state index contributed by atoms with van der Waals surface area (Å²) in [7, 11) is 0. The van der Waals surface area contributed by atoms with Crippen molar-refractivity contribution in [1.82, 2.24) is 10.3 Å². The van der Waals surface area contributed by atoms with Gasteiger partial charge in [-0.05, 0) is 50.8 Å². The van der Waals surface area contributed by atoms with Crippen molar-refractivity contribution in [3.63, 3.8) is 0 Å². The number of hydrogen-bond donors (Lipinski definition) is 2. The Hall–Kier alpha value is -2.59. The fourth-order valence-electron chi connectivity index (χ4n) is 5.61. The molecule has 1 fully saturated rings. The highest BCUT2D eigenvalue weighted by Crippen LogP contribution is 2.49. The van der Waals surface area contributed by atoms with Crippen molar-refractivity contribution in [3.05, 3.63) is 71.4 Å². The number of nitrogens with one attached hydrogen (secondary N) is 2. The number of H-pyrrole nitrogens is 1. The molecule has 4 nitrogen and oxygen atoms in total. The van der Waals surface area contributed by atoms with Crippen LogP contribution in [0, 0.1) is 0 Å². The summed E-state index contributed by atoms with van der Waals surface area (Å²) in [5, 5.41) is 5.07. The molecule has 162 valence electrons. The van der Waals surface area contributed by atoms with Crippen LogP contribution < -0.4 is 5.32 Å². The molecule has 5 rings (SSSR count). The van der Waals surface area contributed by atoms with Gasteiger partial charge in [0.1, 0.15) is 11.6 Å². The lowest BCUT2D eigenvalue weighted by Crippen LogP contribution is -2.59. The maximum Gasteiger partial charge on any atom is 0.324 e. The van der Waals surface area contributed by atoms with E-state index in [1.54, 1.807) is 0 Å². The standard InChI is InChI=1S/C27H32N2O2/c1-26(2,3)31-25(30)23-21(18-12-6-4-7-13-18)22-19-14-8-9-15-20(19)28-24(22)27(29-23)16-10-5-11-17-27/h4,6-9,12-15,21,23,28-29H,5,10-11,16-17H2,1-3H3/t21-,23+/m0/s1. The van der Waals surface area contributed by atoms with Crippen molar-refractivity contribution in [2.24, 2.45) is 0 Å². The molecule has 31 heavy (non-hydrogen) atoms. The van der Waals surface area contributed by atoms with E-state index >= 15 is 0 Å². The molecular formula is C27H32N2O2. The number of carbonyl (C=O) groups excluding carboxylic acids is 1. The Labute approximate surface area is 184 Å². The predicted octanol–water partition coefficient (Wildman–Crippen LogP) is 5.77. The Morgan fingerprint density at radius 2 is 1.65 bits per heavy atom. The van der Waals surface area contributed by atoms with E-state index in [9.17, 15) is 4.79 Å². The van der Waals surface area contributed by atoms with Gasteiger partial charge in [0, 0.05) is 22.5 Å². The van der Waals surface area contributed by atoms with Crippen LogP contribution in [0.3, 0.4) is 0 Å². The SMILES string of the molecule is CC(C)(C)OC(=O)[C@@H]1NC2(CCCCC2)c2[nH]c3ccccc3c2[C@@H]1c1ccccc1. The summed E-state index contributed by atoms with van der Waals surface area (Å²) in [6.07, 6.45) is 5.65. The van der Waals surface area contributed by atoms with Gasteiger partial charge in [-0.3, -0.25) is 10.1 Å². The average molecular weight is 417 g/mol. The highest BCUT2D eigenvalue weighted by molar-refractivity contribution is 5.89. The van der Waals surface area contributed by atoms with Gasteiger partial charge in [0.15, 0.2) is 0 Å². The molecule has 1 aromatic heterocycles. The van der Waals surface area contributed by atoms with Gasteiger partial charge < -0.3 is 9.72 Å². The third kappa shape index (κ3) is 3.57. The maximum absolute atomic E-state index is 13.6. The molecule has 0 radical (unpaired) electrons. The summed E-state index contributed by atoms with van der Waals surface area (Å²) >= 11 is 0. The molecule has 2 atom stereocenters. The molecule has 2 aromatic carbocycles. The Morgan fingerprint density at radius 3 is 2.35 bits per heavy atom. The first-order valence-electron chi connectivity index (χ1n) is 11.5. The zero-order valence-corrected chi connectivity index (χ0v) is 18.7. The lowest BCUT2D eigenvalue weighted by atomic mass is 9.69. The van der Waals surface area contributed by atoms with E-state index in [2.05, 4.69) is 58.8 Å². The van der Waals surface area contributed by atoms with Crippen LogP contribution in [0.1, 0.15) is 75.6 Å². The lowest BCUT2D eigenvalue weighted by molar-refractivity contribution is -0.159. The number of para-hydroxylation sites is 1. The van der Waals surface area contributed by atoms with Crippen LogP contribution >= 0.6 is 0 Å². The highest BCUT2D eigenvalue weighted by atomic mass is 16.6. The van der Waals surface area contributed by atoms with Crippen molar-refractivity contribution >= 4 is 16.9 Å². The number of carbonyl (C=O) groups is 1. The number of fused-ring (bicyclic) bond motifs is 4. The summed E-state index contributed by atoms with van der Waals surface area (Å²) < 4.78 is 5.95. The Balaban J connectivity index is 1.74. The van der Waals surface area contributed by atoms with Gasteiger partial charge in [0.05, 0.1) is 5.54 Å². The van der Waals surface area contributed by atoms with E-state index in [0.717, 1.165) is 23.9 Å². The summed E-state index contributed by atoms with van der Waals surface area (Å²) in [6, 6.07) is 18.5. The molecule has 4 heteroatoms. The Bertz CT molecular complexity index is 1090. The first-order chi connectivity index (χ1) is 14.9. The lowest BCUT2D eigenvalue weighted by Gasteiger charge is -2.47. The fourth-order valence-corrected chi connectivity index (χ4v) is 5.61. The van der Waals surface area contributed by atoms with Gasteiger partial charge in [0.2, 0.25) is 0 Å². The zero-order valence-electron chi connectivity index (χ0n) is 18.7. The summed E-state index contributed by atoms with van der Waals surface area (Å²) in [6.45, 7) is 5.83. The third-order valence-corrected chi connectivity index (χ3v) is 6.83. The fraction of sp³-hybridized carbons (Fsp3) is 0.444. The topological polar surface area (TPSA) is 54.1 Å². The van der Waals surface area contributed by atoms with Crippen molar-refractivity contribution in [1.29, 1.82) is 0 Å². The quantitative estimate of drug-likeness (QED) is 0.521. The molecule has 0 amide bonds. The van der Waals surface area contributed by atoms with Crippen molar-refractivity contribution < 1.29 is 9.53 Å². The van der Waals surface area contributed by atoms with Gasteiger partial charge >= 0.3 is 5.97 Å². The van der Waals surface area contributed by atoms with E-state index in [0.29, 0.717) is 0 Å².